The van der Waals surface area contributed by atoms with Crippen molar-refractivity contribution >= 4 is 11.6 Å². The van der Waals surface area contributed by atoms with Gasteiger partial charge >= 0.3 is 0 Å². The highest BCUT2D eigenvalue weighted by molar-refractivity contribution is 6.48. The van der Waals surface area contributed by atoms with Crippen LogP contribution in [0.3, 0.4) is 0 Å². The summed E-state index contributed by atoms with van der Waals surface area (Å²) in [7, 11) is 1.46. The molecule has 1 fully saturated rings. The summed E-state index contributed by atoms with van der Waals surface area (Å²) in [4.78, 5) is 4.64. The van der Waals surface area contributed by atoms with Gasteiger partial charge in [0.1, 0.15) is 12.9 Å². The van der Waals surface area contributed by atoms with Gasteiger partial charge in [-0.1, -0.05) is 11.2 Å². The molecule has 1 saturated heterocycles. The highest BCUT2D eigenvalue weighted by atomic mass is 16.6. The van der Waals surface area contributed by atoms with Crippen LogP contribution in [0.4, 0.5) is 0 Å². The standard InChI is InChI=1S/C9H10N2O2/c1-12-11-8-6-4-2-3-5-7(6)13-9(8)10/h4-5,10H,2-3H2,1H3/b10-9?,11-8+. The molecular weight excluding hydrogens is 168 g/mol. The molecule has 0 spiro atoms. The first kappa shape index (κ1) is 8.04. The molecule has 0 bridgehead atoms. The largest absolute Gasteiger partial charge is 0.437 e. The SMILES string of the molecule is CO/N=C1/C(=N)OC2=CCCC=C21. The van der Waals surface area contributed by atoms with Crippen LogP contribution in [0.5, 0.6) is 0 Å². The van der Waals surface area contributed by atoms with Gasteiger partial charge < -0.3 is 9.57 Å². The quantitative estimate of drug-likeness (QED) is 0.620. The molecule has 2 aliphatic rings. The number of hydrogen-bond donors (Lipinski definition) is 1. The van der Waals surface area contributed by atoms with E-state index in [0.29, 0.717) is 5.71 Å². The molecule has 0 aromatic rings. The first-order valence-corrected chi connectivity index (χ1v) is 4.12. The third-order valence-corrected chi connectivity index (χ3v) is 1.98. The lowest BCUT2D eigenvalue weighted by Crippen LogP contribution is -2.07. The summed E-state index contributed by atoms with van der Waals surface area (Å²) in [6.45, 7) is 0. The van der Waals surface area contributed by atoms with E-state index in [4.69, 9.17) is 10.1 Å². The van der Waals surface area contributed by atoms with Crippen molar-refractivity contribution in [3.8, 4) is 0 Å². The van der Waals surface area contributed by atoms with E-state index in [2.05, 4.69) is 9.99 Å². The summed E-state index contributed by atoms with van der Waals surface area (Å²) >= 11 is 0. The Kier molecular flexibility index (Phi) is 1.88. The van der Waals surface area contributed by atoms with E-state index in [1.54, 1.807) is 0 Å². The van der Waals surface area contributed by atoms with E-state index >= 15 is 0 Å². The highest BCUT2D eigenvalue weighted by Crippen LogP contribution is 2.28. The van der Waals surface area contributed by atoms with Gasteiger partial charge in [0.2, 0.25) is 5.90 Å². The molecule has 4 heteroatoms. The Morgan fingerprint density at radius 3 is 3.00 bits per heavy atom. The van der Waals surface area contributed by atoms with Crippen LogP contribution < -0.4 is 0 Å². The van der Waals surface area contributed by atoms with Gasteiger partial charge in [-0.15, -0.1) is 0 Å². The third kappa shape index (κ3) is 1.24. The lowest BCUT2D eigenvalue weighted by molar-refractivity contribution is 0.214. The molecule has 0 radical (unpaired) electrons. The van der Waals surface area contributed by atoms with E-state index in [1.165, 1.54) is 7.11 Å². The summed E-state index contributed by atoms with van der Waals surface area (Å²) in [5.74, 6) is 0.813. The molecule has 1 N–H and O–H groups in total. The van der Waals surface area contributed by atoms with Crippen LogP contribution in [0.25, 0.3) is 0 Å². The van der Waals surface area contributed by atoms with Crippen molar-refractivity contribution in [3.63, 3.8) is 0 Å². The predicted molar refractivity (Wildman–Crippen MR) is 48.7 cm³/mol. The topological polar surface area (TPSA) is 54.7 Å². The van der Waals surface area contributed by atoms with Crippen LogP contribution in [0.1, 0.15) is 12.8 Å². The summed E-state index contributed by atoms with van der Waals surface area (Å²) in [5, 5.41) is 11.2. The van der Waals surface area contributed by atoms with E-state index < -0.39 is 0 Å². The molecule has 4 nitrogen and oxygen atoms in total. The van der Waals surface area contributed by atoms with Gasteiger partial charge in [0.25, 0.3) is 0 Å². The lowest BCUT2D eigenvalue weighted by atomic mass is 10.0. The lowest BCUT2D eigenvalue weighted by Gasteiger charge is -2.03. The molecule has 1 heterocycles. The van der Waals surface area contributed by atoms with Gasteiger partial charge in [0, 0.05) is 5.57 Å². The number of ether oxygens (including phenoxy) is 1. The average molecular weight is 178 g/mol. The summed E-state index contributed by atoms with van der Waals surface area (Å²) in [5.41, 5.74) is 1.38. The molecular formula is C9H10N2O2. The smallest absolute Gasteiger partial charge is 0.242 e. The molecule has 13 heavy (non-hydrogen) atoms. The molecule has 0 amide bonds. The van der Waals surface area contributed by atoms with Gasteiger partial charge in [0.05, 0.1) is 0 Å². The Hall–Kier alpha value is -1.58. The molecule has 0 saturated carbocycles. The number of oxime groups is 1. The number of allylic oxidation sites excluding steroid dienone is 3. The Morgan fingerprint density at radius 2 is 2.23 bits per heavy atom. The first-order valence-electron chi connectivity index (χ1n) is 4.12. The first-order chi connectivity index (χ1) is 6.33. The van der Waals surface area contributed by atoms with E-state index in [0.717, 1.165) is 24.2 Å². The van der Waals surface area contributed by atoms with Crippen LogP contribution >= 0.6 is 0 Å². The average Bonchev–Trinajstić information content (AvgIpc) is 2.44. The molecule has 0 atom stereocenters. The molecule has 0 aromatic heterocycles. The van der Waals surface area contributed by atoms with E-state index in [9.17, 15) is 0 Å². The molecule has 1 aliphatic carbocycles. The van der Waals surface area contributed by atoms with Gasteiger partial charge in [-0.05, 0) is 18.9 Å². The second kappa shape index (κ2) is 3.05. The number of hydrogen-bond acceptors (Lipinski definition) is 4. The zero-order valence-electron chi connectivity index (χ0n) is 7.33. The van der Waals surface area contributed by atoms with E-state index in [1.807, 2.05) is 12.2 Å². The van der Waals surface area contributed by atoms with Crippen molar-refractivity contribution in [1.29, 1.82) is 5.41 Å². The number of rotatable bonds is 1. The maximum absolute atomic E-state index is 7.49. The van der Waals surface area contributed by atoms with Gasteiger partial charge in [-0.3, -0.25) is 5.41 Å². The number of fused-ring (bicyclic) bond motifs is 1. The second-order valence-electron chi connectivity index (χ2n) is 2.82. The Balaban J connectivity index is 2.40. The van der Waals surface area contributed by atoms with Gasteiger partial charge in [0.15, 0.2) is 5.71 Å². The van der Waals surface area contributed by atoms with Crippen LogP contribution in [-0.4, -0.2) is 18.7 Å². The zero-order valence-corrected chi connectivity index (χ0v) is 7.33. The monoisotopic (exact) mass is 178 g/mol. The number of nitrogens with one attached hydrogen (secondary N) is 1. The van der Waals surface area contributed by atoms with Gasteiger partial charge in [-0.25, -0.2) is 0 Å². The summed E-state index contributed by atoms with van der Waals surface area (Å²) < 4.78 is 5.20. The van der Waals surface area contributed by atoms with Crippen molar-refractivity contribution in [2.45, 2.75) is 12.8 Å². The summed E-state index contributed by atoms with van der Waals surface area (Å²) in [6, 6.07) is 0. The number of nitrogens with zero attached hydrogens (tertiary/aromatic N) is 1. The maximum atomic E-state index is 7.49. The van der Waals surface area contributed by atoms with Crippen molar-refractivity contribution in [2.24, 2.45) is 5.16 Å². The molecule has 68 valence electrons. The van der Waals surface area contributed by atoms with Crippen LogP contribution in [0, 0.1) is 5.41 Å². The van der Waals surface area contributed by atoms with E-state index in [-0.39, 0.29) is 5.90 Å². The molecule has 2 rings (SSSR count). The Bertz CT molecular complexity index is 334. The minimum atomic E-state index is 0.0706. The Morgan fingerprint density at radius 1 is 1.46 bits per heavy atom. The van der Waals surface area contributed by atoms with Crippen molar-refractivity contribution in [3.05, 3.63) is 23.5 Å². The predicted octanol–water partition coefficient (Wildman–Crippen LogP) is 1.60. The van der Waals surface area contributed by atoms with Crippen molar-refractivity contribution < 1.29 is 9.57 Å². The fourth-order valence-corrected chi connectivity index (χ4v) is 1.43. The van der Waals surface area contributed by atoms with Gasteiger partial charge in [-0.2, -0.15) is 0 Å². The zero-order chi connectivity index (χ0) is 9.26. The molecule has 0 unspecified atom stereocenters. The minimum Gasteiger partial charge on any atom is -0.437 e. The Labute approximate surface area is 76.0 Å². The second-order valence-corrected chi connectivity index (χ2v) is 2.82. The molecule has 1 aliphatic heterocycles. The van der Waals surface area contributed by atoms with Crippen LogP contribution in [0.15, 0.2) is 28.6 Å². The fraction of sp³-hybridized carbons (Fsp3) is 0.333. The van der Waals surface area contributed by atoms with Crippen LogP contribution in [0.2, 0.25) is 0 Å². The normalized spacial score (nSPS) is 23.5. The third-order valence-electron chi connectivity index (χ3n) is 1.98. The maximum Gasteiger partial charge on any atom is 0.242 e. The summed E-state index contributed by atoms with van der Waals surface area (Å²) in [6.07, 6.45) is 5.93. The van der Waals surface area contributed by atoms with Crippen LogP contribution in [-0.2, 0) is 9.57 Å². The van der Waals surface area contributed by atoms with Crippen molar-refractivity contribution in [2.75, 3.05) is 7.11 Å². The van der Waals surface area contributed by atoms with Crippen molar-refractivity contribution in [1.82, 2.24) is 0 Å². The highest BCUT2D eigenvalue weighted by Gasteiger charge is 2.30. The minimum absolute atomic E-state index is 0.0706. The fourth-order valence-electron chi connectivity index (χ4n) is 1.43. The molecule has 0 aromatic carbocycles.